The highest BCUT2D eigenvalue weighted by molar-refractivity contribution is 6.21. The van der Waals surface area contributed by atoms with Crippen molar-refractivity contribution in [2.75, 3.05) is 26.2 Å². The molecule has 7 heteroatoms. The van der Waals surface area contributed by atoms with E-state index in [1.807, 2.05) is 4.57 Å². The SMILES string of the molecule is O=C(CN1CCC(c2cc(=O)n3c(n2)CCCCC3)C1)N1CCC(Cl)C2CCCCC21. The van der Waals surface area contributed by atoms with Crippen LogP contribution in [-0.4, -0.2) is 62.9 Å². The molecule has 4 unspecified atom stereocenters. The molecule has 1 aromatic heterocycles. The van der Waals surface area contributed by atoms with Crippen LogP contribution in [0.5, 0.6) is 0 Å². The Hall–Kier alpha value is -1.40. The van der Waals surface area contributed by atoms with E-state index >= 15 is 0 Å². The summed E-state index contributed by atoms with van der Waals surface area (Å²) in [6.07, 6.45) is 10.8. The van der Waals surface area contributed by atoms with Crippen molar-refractivity contribution in [2.24, 2.45) is 5.92 Å². The van der Waals surface area contributed by atoms with Gasteiger partial charge in [0.15, 0.2) is 0 Å². The predicted octanol–water partition coefficient (Wildman–Crippen LogP) is 3.16. The van der Waals surface area contributed by atoms with Gasteiger partial charge in [-0.25, -0.2) is 4.98 Å². The number of fused-ring (bicyclic) bond motifs is 2. The zero-order valence-corrected chi connectivity index (χ0v) is 19.2. The molecule has 170 valence electrons. The quantitative estimate of drug-likeness (QED) is 0.669. The first-order valence-corrected chi connectivity index (χ1v) is 12.8. The molecule has 3 aliphatic heterocycles. The van der Waals surface area contributed by atoms with E-state index in [1.165, 1.54) is 19.3 Å². The van der Waals surface area contributed by atoms with Crippen LogP contribution < -0.4 is 5.56 Å². The number of aromatic nitrogens is 2. The van der Waals surface area contributed by atoms with Crippen molar-refractivity contribution in [1.82, 2.24) is 19.4 Å². The third kappa shape index (κ3) is 4.43. The summed E-state index contributed by atoms with van der Waals surface area (Å²) >= 11 is 6.61. The molecule has 1 amide bonds. The van der Waals surface area contributed by atoms with Crippen LogP contribution in [0.15, 0.2) is 10.9 Å². The van der Waals surface area contributed by atoms with E-state index < -0.39 is 0 Å². The van der Waals surface area contributed by atoms with E-state index in [0.29, 0.717) is 18.5 Å². The molecule has 0 bridgehead atoms. The minimum absolute atomic E-state index is 0.101. The monoisotopic (exact) mass is 446 g/mol. The normalized spacial score (nSPS) is 31.7. The number of halogens is 1. The lowest BCUT2D eigenvalue weighted by Gasteiger charge is -2.46. The van der Waals surface area contributed by atoms with Gasteiger partial charge in [0.05, 0.1) is 12.2 Å². The van der Waals surface area contributed by atoms with Gasteiger partial charge < -0.3 is 4.90 Å². The van der Waals surface area contributed by atoms with E-state index in [2.05, 4.69) is 9.80 Å². The minimum atomic E-state index is 0.101. The van der Waals surface area contributed by atoms with Crippen LogP contribution in [0.2, 0.25) is 0 Å². The molecule has 1 saturated carbocycles. The number of alkyl halides is 1. The van der Waals surface area contributed by atoms with Crippen LogP contribution in [0.1, 0.15) is 75.2 Å². The summed E-state index contributed by atoms with van der Waals surface area (Å²) in [6.45, 7) is 3.80. The molecule has 4 atom stereocenters. The zero-order valence-electron chi connectivity index (χ0n) is 18.5. The highest BCUT2D eigenvalue weighted by Gasteiger charge is 2.41. The van der Waals surface area contributed by atoms with E-state index in [1.54, 1.807) is 6.07 Å². The summed E-state index contributed by atoms with van der Waals surface area (Å²) in [5.74, 6) is 1.94. The van der Waals surface area contributed by atoms with Crippen molar-refractivity contribution in [3.05, 3.63) is 27.9 Å². The molecule has 31 heavy (non-hydrogen) atoms. The van der Waals surface area contributed by atoms with Gasteiger partial charge in [-0.1, -0.05) is 19.3 Å². The summed E-state index contributed by atoms with van der Waals surface area (Å²) in [5.41, 5.74) is 1.03. The first-order chi connectivity index (χ1) is 15.1. The van der Waals surface area contributed by atoms with Crippen molar-refractivity contribution in [1.29, 1.82) is 0 Å². The van der Waals surface area contributed by atoms with Gasteiger partial charge in [0, 0.05) is 49.5 Å². The Morgan fingerprint density at radius 2 is 1.90 bits per heavy atom. The first kappa shape index (κ1) is 21.4. The predicted molar refractivity (Wildman–Crippen MR) is 122 cm³/mol. The number of piperidine rings is 1. The maximum atomic E-state index is 13.2. The number of nitrogens with zero attached hydrogens (tertiary/aromatic N) is 4. The molecular weight excluding hydrogens is 412 g/mol. The van der Waals surface area contributed by atoms with E-state index in [9.17, 15) is 9.59 Å². The number of carbonyl (C=O) groups excluding carboxylic acids is 1. The molecule has 1 aromatic rings. The van der Waals surface area contributed by atoms with Gasteiger partial charge in [-0.3, -0.25) is 19.1 Å². The fourth-order valence-electron chi connectivity index (χ4n) is 6.34. The number of rotatable bonds is 3. The summed E-state index contributed by atoms with van der Waals surface area (Å²) in [4.78, 5) is 35.2. The second-order valence-corrected chi connectivity index (χ2v) is 10.6. The third-order valence-corrected chi connectivity index (χ3v) is 8.59. The van der Waals surface area contributed by atoms with Gasteiger partial charge >= 0.3 is 0 Å². The number of hydrogen-bond acceptors (Lipinski definition) is 4. The zero-order chi connectivity index (χ0) is 21.4. The van der Waals surface area contributed by atoms with Crippen molar-refractivity contribution < 1.29 is 4.79 Å². The van der Waals surface area contributed by atoms with Gasteiger partial charge in [0.25, 0.3) is 5.56 Å². The molecule has 4 aliphatic rings. The van der Waals surface area contributed by atoms with E-state index in [0.717, 1.165) is 82.6 Å². The molecule has 0 radical (unpaired) electrons. The second kappa shape index (κ2) is 9.22. The van der Waals surface area contributed by atoms with Crippen molar-refractivity contribution in [3.63, 3.8) is 0 Å². The average molecular weight is 447 g/mol. The van der Waals surface area contributed by atoms with E-state index in [-0.39, 0.29) is 22.8 Å². The second-order valence-electron chi connectivity index (χ2n) is 10.0. The first-order valence-electron chi connectivity index (χ1n) is 12.4. The Bertz CT molecular complexity index is 872. The smallest absolute Gasteiger partial charge is 0.253 e. The molecule has 2 saturated heterocycles. The Morgan fingerprint density at radius 3 is 2.81 bits per heavy atom. The minimum Gasteiger partial charge on any atom is -0.338 e. The summed E-state index contributed by atoms with van der Waals surface area (Å²) in [5, 5.41) is 0.226. The molecule has 0 N–H and O–H groups in total. The maximum Gasteiger partial charge on any atom is 0.253 e. The summed E-state index contributed by atoms with van der Waals surface area (Å²) in [6, 6.07) is 2.09. The van der Waals surface area contributed by atoms with Crippen molar-refractivity contribution in [3.8, 4) is 0 Å². The van der Waals surface area contributed by atoms with Crippen LogP contribution >= 0.6 is 11.6 Å². The average Bonchev–Trinajstić information content (AvgIpc) is 3.10. The van der Waals surface area contributed by atoms with Gasteiger partial charge in [0.1, 0.15) is 5.82 Å². The number of aryl methyl sites for hydroxylation is 1. The van der Waals surface area contributed by atoms with Crippen LogP contribution in [0.25, 0.3) is 0 Å². The Balaban J connectivity index is 1.23. The molecule has 5 rings (SSSR count). The largest absolute Gasteiger partial charge is 0.338 e. The fourth-order valence-corrected chi connectivity index (χ4v) is 6.73. The molecular formula is C24H35ClN4O2. The molecule has 6 nitrogen and oxygen atoms in total. The molecule has 0 spiro atoms. The topological polar surface area (TPSA) is 58.4 Å². The van der Waals surface area contributed by atoms with Gasteiger partial charge in [-0.05, 0) is 51.0 Å². The number of hydrogen-bond donors (Lipinski definition) is 0. The van der Waals surface area contributed by atoms with Gasteiger partial charge in [-0.15, -0.1) is 11.6 Å². The van der Waals surface area contributed by atoms with Gasteiger partial charge in [-0.2, -0.15) is 0 Å². The fraction of sp³-hybridized carbons (Fsp3) is 0.792. The Labute approximate surface area is 190 Å². The van der Waals surface area contributed by atoms with Crippen molar-refractivity contribution in [2.45, 2.75) is 88.1 Å². The van der Waals surface area contributed by atoms with Crippen molar-refractivity contribution >= 4 is 17.5 Å². The van der Waals surface area contributed by atoms with Crippen LogP contribution in [0.4, 0.5) is 0 Å². The van der Waals surface area contributed by atoms with Gasteiger partial charge in [0.2, 0.25) is 5.91 Å². The number of amides is 1. The molecule has 0 aromatic carbocycles. The lowest BCUT2D eigenvalue weighted by Crippen LogP contribution is -2.55. The Morgan fingerprint density at radius 1 is 1.03 bits per heavy atom. The highest BCUT2D eigenvalue weighted by Crippen LogP contribution is 2.38. The standard InChI is InChI=1S/C24H35ClN4O2/c25-19-10-13-28(21-7-4-3-6-18(19)21)24(31)16-27-12-9-17(15-27)20-14-23(30)29-11-5-1-2-8-22(29)26-20/h14,17-19,21H,1-13,15-16H2. The molecule has 4 heterocycles. The van der Waals surface area contributed by atoms with Crippen LogP contribution in [0.3, 0.4) is 0 Å². The summed E-state index contributed by atoms with van der Waals surface area (Å²) < 4.78 is 1.87. The lowest BCUT2D eigenvalue weighted by atomic mass is 9.78. The number of carbonyl (C=O) groups is 1. The Kier molecular flexibility index (Phi) is 6.38. The molecule has 1 aliphatic carbocycles. The van der Waals surface area contributed by atoms with Crippen LogP contribution in [-0.2, 0) is 17.8 Å². The number of likely N-dealkylation sites (tertiary alicyclic amines) is 2. The maximum absolute atomic E-state index is 13.2. The molecule has 3 fully saturated rings. The van der Waals surface area contributed by atoms with E-state index in [4.69, 9.17) is 16.6 Å². The lowest BCUT2D eigenvalue weighted by molar-refractivity contribution is -0.138. The van der Waals surface area contributed by atoms with Crippen LogP contribution in [0, 0.1) is 5.92 Å². The summed E-state index contributed by atoms with van der Waals surface area (Å²) in [7, 11) is 0. The third-order valence-electron chi connectivity index (χ3n) is 8.05. The highest BCUT2D eigenvalue weighted by atomic mass is 35.5.